The number of carbonyl (C=O) groups excluding carboxylic acids is 2. The number of benzene rings is 3. The van der Waals surface area contributed by atoms with Crippen molar-refractivity contribution in [1.29, 1.82) is 0 Å². The molecule has 8 rings (SSSR count). The van der Waals surface area contributed by atoms with Gasteiger partial charge in [0.15, 0.2) is 5.60 Å². The number of piperidine rings is 1. The summed E-state index contributed by atoms with van der Waals surface area (Å²) in [7, 11) is -0.665. The first kappa shape index (κ1) is 35.5. The number of fused-ring (bicyclic) bond motifs is 2. The number of rotatable bonds is 10. The van der Waals surface area contributed by atoms with E-state index in [0.717, 1.165) is 47.2 Å². The van der Waals surface area contributed by atoms with Gasteiger partial charge in [0.2, 0.25) is 0 Å². The van der Waals surface area contributed by atoms with E-state index in [9.17, 15) is 14.7 Å². The molecule has 0 unspecified atom stereocenters. The molecular formula is C40H49N7O5Si. The third kappa shape index (κ3) is 5.76. The molecule has 4 atom stereocenters. The number of nitrogens with one attached hydrogen (secondary N) is 2. The Hall–Kier alpha value is -4.56. The summed E-state index contributed by atoms with van der Waals surface area (Å²) in [5.41, 5.74) is 2.21. The number of anilines is 3. The van der Waals surface area contributed by atoms with Gasteiger partial charge >= 0.3 is 0 Å². The van der Waals surface area contributed by atoms with Gasteiger partial charge in [0.1, 0.15) is 11.3 Å². The molecular weight excluding hydrogens is 687 g/mol. The average molecular weight is 736 g/mol. The molecule has 2 amide bonds. The first-order valence-corrected chi connectivity index (χ1v) is 21.8. The van der Waals surface area contributed by atoms with Crippen molar-refractivity contribution in [3.63, 3.8) is 0 Å². The standard InChI is InChI=1S/C40H49N7O5Si/c1-27-36(53(3,4)32-13-11-31(51-2)12-14-32)35(16-22-45-25-28(17-23-48)43-44-45)52-40(27)33-24-30(10-15-34(33)42-37(40)49)46-26-47(29-8-6-5-7-9-29)39(38(46)50)18-20-41-21-19-39/h5-15,24-25,27,35-36,41,48H,16-23,26H2,1-4H3,(H,42,49)/t27-,35+,36-,40+/m1/s1. The Kier molecular flexibility index (Phi) is 9.16. The lowest BCUT2D eigenvalue weighted by Crippen LogP contribution is -2.55. The quantitative estimate of drug-likeness (QED) is 0.207. The van der Waals surface area contributed by atoms with Crippen molar-refractivity contribution in [3.8, 4) is 5.75 Å². The highest BCUT2D eigenvalue weighted by molar-refractivity contribution is 6.91. The maximum Gasteiger partial charge on any atom is 0.261 e. The van der Waals surface area contributed by atoms with Gasteiger partial charge in [-0.2, -0.15) is 0 Å². The van der Waals surface area contributed by atoms with E-state index in [0.29, 0.717) is 38.9 Å². The van der Waals surface area contributed by atoms with Gasteiger partial charge < -0.3 is 30.1 Å². The highest BCUT2D eigenvalue weighted by Gasteiger charge is 2.65. The Morgan fingerprint density at radius 1 is 1.02 bits per heavy atom. The van der Waals surface area contributed by atoms with E-state index >= 15 is 0 Å². The van der Waals surface area contributed by atoms with Crippen LogP contribution in [-0.4, -0.2) is 85.1 Å². The number of hydrogen-bond acceptors (Lipinski definition) is 9. The monoisotopic (exact) mass is 735 g/mol. The van der Waals surface area contributed by atoms with Crippen LogP contribution in [0.1, 0.15) is 37.4 Å². The molecule has 3 saturated heterocycles. The summed E-state index contributed by atoms with van der Waals surface area (Å²) in [6.07, 6.45) is 4.11. The van der Waals surface area contributed by atoms with Gasteiger partial charge in [-0.05, 0) is 80.4 Å². The number of aromatic nitrogens is 3. The van der Waals surface area contributed by atoms with Crippen LogP contribution in [0.2, 0.25) is 18.6 Å². The minimum absolute atomic E-state index is 0.0101. The van der Waals surface area contributed by atoms with E-state index in [-0.39, 0.29) is 36.0 Å². The van der Waals surface area contributed by atoms with E-state index < -0.39 is 19.2 Å². The summed E-state index contributed by atoms with van der Waals surface area (Å²) in [5.74, 6) is 0.548. The second-order valence-electron chi connectivity index (χ2n) is 15.5. The minimum Gasteiger partial charge on any atom is -0.497 e. The number of carbonyl (C=O) groups is 2. The molecule has 1 aromatic heterocycles. The first-order chi connectivity index (χ1) is 25.6. The summed E-state index contributed by atoms with van der Waals surface area (Å²) in [5, 5.41) is 25.8. The number of para-hydroxylation sites is 1. The number of aliphatic hydroxyl groups excluding tert-OH is 1. The smallest absolute Gasteiger partial charge is 0.261 e. The second-order valence-corrected chi connectivity index (χ2v) is 20.2. The molecule has 13 heteroatoms. The lowest BCUT2D eigenvalue weighted by atomic mass is 9.82. The Balaban J connectivity index is 1.17. The molecule has 4 aliphatic rings. The van der Waals surface area contributed by atoms with Crippen molar-refractivity contribution in [3.05, 3.63) is 90.3 Å². The normalized spacial score (nSPS) is 25.0. The summed E-state index contributed by atoms with van der Waals surface area (Å²) in [6.45, 7) is 9.43. The van der Waals surface area contributed by atoms with Gasteiger partial charge in [-0.1, -0.05) is 60.7 Å². The fourth-order valence-corrected chi connectivity index (χ4v) is 13.7. The molecule has 5 heterocycles. The zero-order valence-corrected chi connectivity index (χ0v) is 31.9. The largest absolute Gasteiger partial charge is 0.497 e. The molecule has 3 N–H and O–H groups in total. The Morgan fingerprint density at radius 2 is 1.77 bits per heavy atom. The van der Waals surface area contributed by atoms with E-state index in [2.05, 4.69) is 70.1 Å². The molecule has 0 aliphatic carbocycles. The Bertz CT molecular complexity index is 1980. The summed E-state index contributed by atoms with van der Waals surface area (Å²) in [6, 6.07) is 24.5. The predicted molar refractivity (Wildman–Crippen MR) is 206 cm³/mol. The lowest BCUT2D eigenvalue weighted by molar-refractivity contribution is -0.143. The highest BCUT2D eigenvalue weighted by Crippen LogP contribution is 2.59. The second kappa shape index (κ2) is 13.7. The van der Waals surface area contributed by atoms with Gasteiger partial charge in [-0.15, -0.1) is 5.10 Å². The number of aryl methyl sites for hydroxylation is 1. The Morgan fingerprint density at radius 3 is 2.49 bits per heavy atom. The molecule has 53 heavy (non-hydrogen) atoms. The highest BCUT2D eigenvalue weighted by atomic mass is 28.3. The first-order valence-electron chi connectivity index (χ1n) is 18.8. The van der Waals surface area contributed by atoms with Crippen molar-refractivity contribution < 1.29 is 24.2 Å². The van der Waals surface area contributed by atoms with Gasteiger partial charge in [-0.25, -0.2) is 0 Å². The van der Waals surface area contributed by atoms with Crippen molar-refractivity contribution in [2.75, 3.05) is 48.6 Å². The van der Waals surface area contributed by atoms with Crippen LogP contribution < -0.4 is 30.4 Å². The van der Waals surface area contributed by atoms with Gasteiger partial charge in [0, 0.05) is 54.3 Å². The third-order valence-corrected chi connectivity index (χ3v) is 16.8. The average Bonchev–Trinajstić information content (AvgIpc) is 3.91. The number of nitrogens with zero attached hydrogens (tertiary/aromatic N) is 5. The van der Waals surface area contributed by atoms with Gasteiger partial charge in [-0.3, -0.25) is 19.2 Å². The van der Waals surface area contributed by atoms with Crippen LogP contribution >= 0.6 is 0 Å². The van der Waals surface area contributed by atoms with Crippen molar-refractivity contribution in [1.82, 2.24) is 20.3 Å². The number of amides is 2. The van der Waals surface area contributed by atoms with Crippen molar-refractivity contribution in [2.24, 2.45) is 5.92 Å². The number of aliphatic hydroxyl groups is 1. The number of hydrogen-bond donors (Lipinski definition) is 3. The molecule has 3 aromatic carbocycles. The zero-order chi connectivity index (χ0) is 37.0. The van der Waals surface area contributed by atoms with E-state index in [1.807, 2.05) is 59.6 Å². The molecule has 4 aliphatic heterocycles. The fraction of sp³-hybridized carbons (Fsp3) is 0.450. The predicted octanol–water partition coefficient (Wildman–Crippen LogP) is 4.01. The molecule has 3 fully saturated rings. The molecule has 0 saturated carbocycles. The maximum atomic E-state index is 14.6. The number of methoxy groups -OCH3 is 1. The SMILES string of the molecule is COc1ccc([Si](C)(C)[C@H]2[C@H](CCn3cc(CCO)nn3)O[C@@]3(C(=O)Nc4ccc(N5CN(c6ccccc6)C6(CCNCC6)C5=O)cc43)[C@@H]2C)cc1. The zero-order valence-electron chi connectivity index (χ0n) is 30.9. The topological polar surface area (TPSA) is 134 Å². The van der Waals surface area contributed by atoms with Crippen LogP contribution in [0.15, 0.2) is 79.0 Å². The fourth-order valence-electron chi connectivity index (χ4n) is 9.66. The number of ether oxygens (including phenoxy) is 2. The van der Waals surface area contributed by atoms with E-state index in [1.54, 1.807) is 11.8 Å². The van der Waals surface area contributed by atoms with Crippen molar-refractivity contribution in [2.45, 2.75) is 75.0 Å². The van der Waals surface area contributed by atoms with E-state index in [4.69, 9.17) is 9.47 Å². The van der Waals surface area contributed by atoms with Crippen LogP contribution in [0.25, 0.3) is 0 Å². The van der Waals surface area contributed by atoms with Gasteiger partial charge in [0.05, 0.1) is 33.7 Å². The maximum absolute atomic E-state index is 14.6. The molecule has 12 nitrogen and oxygen atoms in total. The molecule has 2 spiro atoms. The van der Waals surface area contributed by atoms with Crippen LogP contribution in [0.3, 0.4) is 0 Å². The van der Waals surface area contributed by atoms with Crippen molar-refractivity contribution >= 4 is 42.1 Å². The lowest BCUT2D eigenvalue weighted by Gasteiger charge is -2.39. The van der Waals surface area contributed by atoms with Crippen LogP contribution in [-0.2, 0) is 32.9 Å². The molecule has 0 radical (unpaired) electrons. The molecule has 4 aromatic rings. The van der Waals surface area contributed by atoms with Gasteiger partial charge in [0.25, 0.3) is 11.8 Å². The summed E-state index contributed by atoms with van der Waals surface area (Å²) in [4.78, 5) is 33.2. The van der Waals surface area contributed by atoms with E-state index in [1.165, 1.54) is 5.19 Å². The summed E-state index contributed by atoms with van der Waals surface area (Å²) < 4.78 is 14.5. The van der Waals surface area contributed by atoms with Crippen LogP contribution in [0, 0.1) is 5.92 Å². The van der Waals surface area contributed by atoms with Crippen LogP contribution in [0.5, 0.6) is 5.75 Å². The summed E-state index contributed by atoms with van der Waals surface area (Å²) >= 11 is 0. The molecule has 0 bridgehead atoms. The third-order valence-electron chi connectivity index (χ3n) is 12.4. The molecule has 278 valence electrons. The van der Waals surface area contributed by atoms with Crippen LogP contribution in [0.4, 0.5) is 17.1 Å². The minimum atomic E-state index is -2.34. The Labute approximate surface area is 311 Å².